The summed E-state index contributed by atoms with van der Waals surface area (Å²) in [7, 11) is 1.49. The van der Waals surface area contributed by atoms with E-state index in [9.17, 15) is 27.2 Å². The second kappa shape index (κ2) is 8.72. The monoisotopic (exact) mass is 464 g/mol. The van der Waals surface area contributed by atoms with Gasteiger partial charge in [0, 0.05) is 36.7 Å². The van der Waals surface area contributed by atoms with Crippen LogP contribution in [0.3, 0.4) is 0 Å². The number of hydrogen-bond acceptors (Lipinski definition) is 4. The Balaban J connectivity index is 1.47. The van der Waals surface area contributed by atoms with Crippen LogP contribution in [0.1, 0.15) is 45.2 Å². The van der Waals surface area contributed by atoms with Gasteiger partial charge in [-0.2, -0.15) is 0 Å². The van der Waals surface area contributed by atoms with Gasteiger partial charge in [0.05, 0.1) is 6.20 Å². The maximum atomic E-state index is 14.7. The quantitative estimate of drug-likeness (QED) is 0.572. The third-order valence-electron chi connectivity index (χ3n) is 5.65. The molecule has 1 fully saturated rings. The van der Waals surface area contributed by atoms with Gasteiger partial charge in [0.15, 0.2) is 0 Å². The third-order valence-corrected chi connectivity index (χ3v) is 5.65. The van der Waals surface area contributed by atoms with Crippen LogP contribution in [0.5, 0.6) is 5.75 Å². The number of nitrogens with one attached hydrogen (secondary N) is 2. The SMILES string of the molecule is CNC(=O)c1cc2c(C3CCN(C(=O)c4ccc(OC(F)(F)F)cc4)CC3)c(F)cnc2[nH]1. The molecular formula is C22H20F4N4O3. The summed E-state index contributed by atoms with van der Waals surface area (Å²) in [6.07, 6.45) is -2.72. The molecule has 1 aliphatic heterocycles. The van der Waals surface area contributed by atoms with Crippen LogP contribution in [0, 0.1) is 5.82 Å². The summed E-state index contributed by atoms with van der Waals surface area (Å²) in [5.74, 6) is -1.73. The number of aromatic amines is 1. The minimum atomic E-state index is -4.80. The van der Waals surface area contributed by atoms with Crippen LogP contribution in [0.2, 0.25) is 0 Å². The number of carbonyl (C=O) groups is 2. The number of likely N-dealkylation sites (tertiary alicyclic amines) is 1. The highest BCUT2D eigenvalue weighted by molar-refractivity contribution is 5.98. The van der Waals surface area contributed by atoms with Crippen molar-refractivity contribution in [1.82, 2.24) is 20.2 Å². The first-order valence-corrected chi connectivity index (χ1v) is 10.2. The largest absolute Gasteiger partial charge is 0.573 e. The lowest BCUT2D eigenvalue weighted by atomic mass is 9.87. The van der Waals surface area contributed by atoms with E-state index in [1.54, 1.807) is 11.0 Å². The van der Waals surface area contributed by atoms with Crippen molar-refractivity contribution in [3.8, 4) is 5.75 Å². The maximum absolute atomic E-state index is 14.7. The van der Waals surface area contributed by atoms with Gasteiger partial charge in [-0.3, -0.25) is 9.59 Å². The van der Waals surface area contributed by atoms with E-state index in [4.69, 9.17) is 0 Å². The summed E-state index contributed by atoms with van der Waals surface area (Å²) in [4.78, 5) is 33.2. The molecule has 1 aromatic carbocycles. The number of pyridine rings is 1. The molecule has 2 aromatic heterocycles. The number of halogens is 4. The molecular weight excluding hydrogens is 444 g/mol. The zero-order chi connectivity index (χ0) is 23.8. The summed E-state index contributed by atoms with van der Waals surface area (Å²) in [6.45, 7) is 0.695. The first-order chi connectivity index (χ1) is 15.7. The molecule has 33 heavy (non-hydrogen) atoms. The van der Waals surface area contributed by atoms with E-state index in [0.29, 0.717) is 42.5 Å². The van der Waals surface area contributed by atoms with Crippen molar-refractivity contribution in [3.05, 3.63) is 59.2 Å². The summed E-state index contributed by atoms with van der Waals surface area (Å²) in [6, 6.07) is 6.31. The van der Waals surface area contributed by atoms with Crippen molar-refractivity contribution in [1.29, 1.82) is 0 Å². The second-order valence-corrected chi connectivity index (χ2v) is 7.68. The Morgan fingerprint density at radius 1 is 1.18 bits per heavy atom. The Morgan fingerprint density at radius 3 is 2.45 bits per heavy atom. The van der Waals surface area contributed by atoms with E-state index in [2.05, 4.69) is 20.0 Å². The Labute approximate surface area is 185 Å². The number of carbonyl (C=O) groups excluding carboxylic acids is 2. The van der Waals surface area contributed by atoms with Gasteiger partial charge in [-0.25, -0.2) is 9.37 Å². The van der Waals surface area contributed by atoms with Crippen LogP contribution in [-0.4, -0.2) is 53.2 Å². The molecule has 4 rings (SSSR count). The maximum Gasteiger partial charge on any atom is 0.573 e. The number of aromatic nitrogens is 2. The Kier molecular flexibility index (Phi) is 5.96. The molecule has 2 N–H and O–H groups in total. The number of H-pyrrole nitrogens is 1. The third kappa shape index (κ3) is 4.76. The van der Waals surface area contributed by atoms with Gasteiger partial charge in [-0.05, 0) is 49.1 Å². The van der Waals surface area contributed by atoms with Gasteiger partial charge in [0.1, 0.15) is 22.9 Å². The van der Waals surface area contributed by atoms with Crippen molar-refractivity contribution in [3.63, 3.8) is 0 Å². The fraction of sp³-hybridized carbons (Fsp3) is 0.318. The predicted molar refractivity (Wildman–Crippen MR) is 110 cm³/mol. The van der Waals surface area contributed by atoms with Gasteiger partial charge < -0.3 is 19.9 Å². The number of rotatable bonds is 4. The smallest absolute Gasteiger partial charge is 0.406 e. The van der Waals surface area contributed by atoms with E-state index < -0.39 is 17.9 Å². The highest BCUT2D eigenvalue weighted by atomic mass is 19.4. The minimum Gasteiger partial charge on any atom is -0.406 e. The van der Waals surface area contributed by atoms with Gasteiger partial charge in [-0.1, -0.05) is 0 Å². The number of nitrogens with zero attached hydrogens (tertiary/aromatic N) is 2. The number of hydrogen-bond donors (Lipinski definition) is 2. The zero-order valence-electron chi connectivity index (χ0n) is 17.5. The first-order valence-electron chi connectivity index (χ1n) is 10.2. The molecule has 1 saturated heterocycles. The van der Waals surface area contributed by atoms with E-state index >= 15 is 0 Å². The van der Waals surface area contributed by atoms with E-state index in [1.807, 2.05) is 0 Å². The minimum absolute atomic E-state index is 0.185. The molecule has 0 unspecified atom stereocenters. The highest BCUT2D eigenvalue weighted by Gasteiger charge is 2.32. The Hall–Kier alpha value is -3.63. The summed E-state index contributed by atoms with van der Waals surface area (Å²) < 4.78 is 55.5. The van der Waals surface area contributed by atoms with Gasteiger partial charge in [0.2, 0.25) is 0 Å². The van der Waals surface area contributed by atoms with Crippen molar-refractivity contribution in [2.45, 2.75) is 25.1 Å². The van der Waals surface area contributed by atoms with Gasteiger partial charge in [-0.15, -0.1) is 13.2 Å². The van der Waals surface area contributed by atoms with Crippen molar-refractivity contribution >= 4 is 22.8 Å². The van der Waals surface area contributed by atoms with Crippen LogP contribution in [0.15, 0.2) is 36.5 Å². The van der Waals surface area contributed by atoms with Crippen LogP contribution in [-0.2, 0) is 0 Å². The molecule has 0 aliphatic carbocycles. The van der Waals surface area contributed by atoms with E-state index in [1.165, 1.54) is 19.2 Å². The number of amides is 2. The predicted octanol–water partition coefficient (Wildman–Crippen LogP) is 3.98. The lowest BCUT2D eigenvalue weighted by Crippen LogP contribution is -2.38. The van der Waals surface area contributed by atoms with Crippen LogP contribution in [0.4, 0.5) is 17.6 Å². The van der Waals surface area contributed by atoms with Gasteiger partial charge >= 0.3 is 6.36 Å². The number of fused-ring (bicyclic) bond motifs is 1. The molecule has 2 amide bonds. The molecule has 1 aliphatic rings. The molecule has 3 aromatic rings. The van der Waals surface area contributed by atoms with Crippen molar-refractivity contribution in [2.75, 3.05) is 20.1 Å². The van der Waals surface area contributed by atoms with Crippen LogP contribution >= 0.6 is 0 Å². The summed E-state index contributed by atoms with van der Waals surface area (Å²) >= 11 is 0. The number of piperidine rings is 1. The molecule has 0 bridgehead atoms. The molecule has 0 atom stereocenters. The van der Waals surface area contributed by atoms with Crippen LogP contribution < -0.4 is 10.1 Å². The van der Waals surface area contributed by atoms with E-state index in [0.717, 1.165) is 18.3 Å². The Bertz CT molecular complexity index is 1180. The topological polar surface area (TPSA) is 87.3 Å². The molecule has 3 heterocycles. The highest BCUT2D eigenvalue weighted by Crippen LogP contribution is 2.35. The lowest BCUT2D eigenvalue weighted by Gasteiger charge is -2.32. The lowest BCUT2D eigenvalue weighted by molar-refractivity contribution is -0.274. The van der Waals surface area contributed by atoms with Gasteiger partial charge in [0.25, 0.3) is 11.8 Å². The molecule has 174 valence electrons. The van der Waals surface area contributed by atoms with Crippen LogP contribution in [0.25, 0.3) is 11.0 Å². The average molecular weight is 464 g/mol. The average Bonchev–Trinajstić information content (AvgIpc) is 3.22. The number of ether oxygens (including phenoxy) is 1. The van der Waals surface area contributed by atoms with Crippen molar-refractivity contribution < 1.29 is 31.9 Å². The van der Waals surface area contributed by atoms with Crippen molar-refractivity contribution in [2.24, 2.45) is 0 Å². The summed E-state index contributed by atoms with van der Waals surface area (Å²) in [5, 5.41) is 3.03. The fourth-order valence-corrected chi connectivity index (χ4v) is 4.10. The molecule has 0 saturated carbocycles. The second-order valence-electron chi connectivity index (χ2n) is 7.68. The van der Waals surface area contributed by atoms with E-state index in [-0.39, 0.29) is 29.0 Å². The first kappa shape index (κ1) is 22.6. The number of alkyl halides is 3. The molecule has 7 nitrogen and oxygen atoms in total. The summed E-state index contributed by atoms with van der Waals surface area (Å²) in [5.41, 5.74) is 1.37. The zero-order valence-corrected chi connectivity index (χ0v) is 17.5. The molecule has 11 heteroatoms. The standard InChI is InChI=1S/C22H20F4N4O3/c1-27-20(31)17-10-15-18(16(23)11-28-19(15)29-17)12-6-8-30(9-7-12)21(32)13-2-4-14(5-3-13)33-22(24,25)26/h2-5,10-12H,6-9H2,1H3,(H,27,31)(H,28,29). The molecule has 0 spiro atoms. The molecule has 0 radical (unpaired) electrons. The Morgan fingerprint density at radius 2 is 1.85 bits per heavy atom. The fourth-order valence-electron chi connectivity index (χ4n) is 4.10. The number of benzene rings is 1. The normalized spacial score (nSPS) is 15.0.